The first kappa shape index (κ1) is 26.7. The smallest absolute Gasteiger partial charge is 0.255 e. The van der Waals surface area contributed by atoms with E-state index < -0.39 is 5.41 Å². The third-order valence-electron chi connectivity index (χ3n) is 8.65. The lowest BCUT2D eigenvalue weighted by Gasteiger charge is -2.50. The van der Waals surface area contributed by atoms with Gasteiger partial charge in [-0.25, -0.2) is 4.98 Å². The molecule has 3 aliphatic carbocycles. The number of aromatic nitrogens is 1. The molecule has 0 fully saturated rings. The Morgan fingerprint density at radius 3 is 2.24 bits per heavy atom. The molecule has 0 spiro atoms. The quantitative estimate of drug-likeness (QED) is 0.196. The van der Waals surface area contributed by atoms with Gasteiger partial charge in [0.15, 0.2) is 5.13 Å². The highest BCUT2D eigenvalue weighted by Gasteiger charge is 2.54. The van der Waals surface area contributed by atoms with Gasteiger partial charge in [-0.1, -0.05) is 72.8 Å². The van der Waals surface area contributed by atoms with Crippen LogP contribution >= 0.6 is 23.1 Å². The Balaban J connectivity index is 1.12. The van der Waals surface area contributed by atoms with Gasteiger partial charge in [-0.15, -0.1) is 23.1 Å². The molecule has 3 aliphatic rings. The molecule has 7 heteroatoms. The Morgan fingerprint density at radius 1 is 0.857 bits per heavy atom. The second-order valence-corrected chi connectivity index (χ2v) is 12.8. The van der Waals surface area contributed by atoms with E-state index in [1.54, 1.807) is 17.8 Å². The summed E-state index contributed by atoms with van der Waals surface area (Å²) in [5.41, 5.74) is 7.45. The first-order chi connectivity index (χ1) is 20.5. The van der Waals surface area contributed by atoms with Gasteiger partial charge in [0.05, 0.1) is 16.8 Å². The van der Waals surface area contributed by atoms with Gasteiger partial charge in [-0.3, -0.25) is 9.59 Å². The lowest BCUT2D eigenvalue weighted by Crippen LogP contribution is -2.47. The molecule has 5 aromatic rings. The topological polar surface area (TPSA) is 71.1 Å². The van der Waals surface area contributed by atoms with E-state index in [0.717, 1.165) is 28.3 Å². The van der Waals surface area contributed by atoms with Gasteiger partial charge in [0.25, 0.3) is 5.91 Å². The van der Waals surface area contributed by atoms with E-state index in [2.05, 4.69) is 66.1 Å². The molecule has 4 aromatic carbocycles. The maximum absolute atomic E-state index is 14.0. The molecule has 8 rings (SSSR count). The first-order valence-electron chi connectivity index (χ1n) is 14.0. The highest BCUT2D eigenvalue weighted by Crippen LogP contribution is 2.61. The van der Waals surface area contributed by atoms with Gasteiger partial charge in [0.2, 0.25) is 5.91 Å². The summed E-state index contributed by atoms with van der Waals surface area (Å²) < 4.78 is 0. The van der Waals surface area contributed by atoms with Crippen molar-refractivity contribution in [3.05, 3.63) is 130 Å². The normalized spacial score (nSPS) is 20.0. The second-order valence-electron chi connectivity index (χ2n) is 11.1. The molecular formula is C35H29N3O2S2. The fourth-order valence-corrected chi connectivity index (χ4v) is 7.92. The zero-order chi connectivity index (χ0) is 28.8. The van der Waals surface area contributed by atoms with Crippen molar-refractivity contribution in [1.29, 1.82) is 0 Å². The maximum Gasteiger partial charge on any atom is 0.255 e. The maximum atomic E-state index is 14.0. The molecule has 1 atom stereocenters. The van der Waals surface area contributed by atoms with Crippen molar-refractivity contribution in [2.45, 2.75) is 30.1 Å². The number of thiazole rings is 1. The Bertz CT molecular complexity index is 1800. The van der Waals surface area contributed by atoms with Gasteiger partial charge in [0.1, 0.15) is 0 Å². The summed E-state index contributed by atoms with van der Waals surface area (Å²) in [4.78, 5) is 32.9. The van der Waals surface area contributed by atoms with E-state index >= 15 is 0 Å². The molecule has 208 valence electrons. The van der Waals surface area contributed by atoms with Crippen LogP contribution in [0.3, 0.4) is 0 Å². The minimum absolute atomic E-state index is 0.0111. The molecule has 0 saturated heterocycles. The Morgan fingerprint density at radius 2 is 1.52 bits per heavy atom. The van der Waals surface area contributed by atoms with Crippen molar-refractivity contribution < 1.29 is 9.59 Å². The molecule has 0 saturated carbocycles. The zero-order valence-electron chi connectivity index (χ0n) is 23.3. The van der Waals surface area contributed by atoms with Gasteiger partial charge in [0, 0.05) is 33.2 Å². The Hall–Kier alpha value is -4.20. The van der Waals surface area contributed by atoms with Crippen LogP contribution in [0, 0.1) is 5.41 Å². The fourth-order valence-electron chi connectivity index (χ4n) is 6.66. The molecule has 1 unspecified atom stereocenters. The van der Waals surface area contributed by atoms with Gasteiger partial charge in [-0.2, -0.15) is 0 Å². The third-order valence-corrected chi connectivity index (χ3v) is 10.2. The monoisotopic (exact) mass is 587 g/mol. The van der Waals surface area contributed by atoms with Crippen molar-refractivity contribution >= 4 is 45.7 Å². The third kappa shape index (κ3) is 4.44. The Labute approximate surface area is 253 Å². The van der Waals surface area contributed by atoms with E-state index in [9.17, 15) is 9.59 Å². The summed E-state index contributed by atoms with van der Waals surface area (Å²) in [5.74, 6) is -0.00604. The van der Waals surface area contributed by atoms with Crippen molar-refractivity contribution in [3.63, 3.8) is 0 Å². The molecule has 5 nitrogen and oxygen atoms in total. The fraction of sp³-hybridized carbons (Fsp3) is 0.171. The number of benzene rings is 4. The number of fused-ring (bicyclic) bond motifs is 1. The van der Waals surface area contributed by atoms with E-state index in [-0.39, 0.29) is 23.7 Å². The average Bonchev–Trinajstić information content (AvgIpc) is 3.50. The minimum atomic E-state index is -0.607. The molecule has 42 heavy (non-hydrogen) atoms. The van der Waals surface area contributed by atoms with E-state index in [0.29, 0.717) is 10.7 Å². The van der Waals surface area contributed by atoms with Gasteiger partial charge in [-0.05, 0) is 66.1 Å². The van der Waals surface area contributed by atoms with Crippen LogP contribution in [0.2, 0.25) is 0 Å². The van der Waals surface area contributed by atoms with Crippen LogP contribution in [0.4, 0.5) is 10.8 Å². The number of amides is 2. The zero-order valence-corrected chi connectivity index (χ0v) is 24.9. The number of hydrogen-bond donors (Lipinski definition) is 2. The van der Waals surface area contributed by atoms with E-state index in [1.807, 2.05) is 54.1 Å². The van der Waals surface area contributed by atoms with Crippen LogP contribution in [0.1, 0.15) is 57.8 Å². The number of para-hydroxylation sites is 1. The Kier molecular flexibility index (Phi) is 6.72. The number of carbonyl (C=O) groups is 2. The lowest BCUT2D eigenvalue weighted by molar-refractivity contribution is -0.126. The highest BCUT2D eigenvalue weighted by atomic mass is 32.2. The molecule has 0 radical (unpaired) electrons. The van der Waals surface area contributed by atoms with Crippen LogP contribution in [0.5, 0.6) is 0 Å². The van der Waals surface area contributed by atoms with Crippen molar-refractivity contribution in [1.82, 2.24) is 4.98 Å². The minimum Gasteiger partial charge on any atom is -0.321 e. The van der Waals surface area contributed by atoms with Crippen molar-refractivity contribution in [2.75, 3.05) is 16.9 Å². The second kappa shape index (κ2) is 10.6. The molecule has 2 amide bonds. The number of nitrogens with zero attached hydrogens (tertiary/aromatic N) is 1. The molecule has 2 N–H and O–H groups in total. The molecular weight excluding hydrogens is 559 g/mol. The van der Waals surface area contributed by atoms with Crippen molar-refractivity contribution in [3.8, 4) is 11.3 Å². The van der Waals surface area contributed by atoms with Crippen LogP contribution in [0.15, 0.2) is 107 Å². The average molecular weight is 588 g/mol. The number of rotatable bonds is 6. The van der Waals surface area contributed by atoms with E-state index in [4.69, 9.17) is 4.98 Å². The molecule has 1 aromatic heterocycles. The van der Waals surface area contributed by atoms with Crippen LogP contribution in [0.25, 0.3) is 11.3 Å². The number of nitrogens with one attached hydrogen (secondary N) is 2. The number of carbonyl (C=O) groups excluding carboxylic acids is 2. The predicted molar refractivity (Wildman–Crippen MR) is 172 cm³/mol. The predicted octanol–water partition coefficient (Wildman–Crippen LogP) is 8.41. The van der Waals surface area contributed by atoms with Crippen LogP contribution < -0.4 is 10.6 Å². The van der Waals surface area contributed by atoms with E-state index in [1.165, 1.54) is 33.6 Å². The largest absolute Gasteiger partial charge is 0.321 e. The van der Waals surface area contributed by atoms with Gasteiger partial charge < -0.3 is 10.6 Å². The highest BCUT2D eigenvalue weighted by molar-refractivity contribution is 7.98. The standard InChI is InChI=1S/C35H29N3O2S2/c1-35(19-27-23-12-3-5-14-25(23)31(35)26-15-6-4-13-24(26)27)33(40)38-34-37-29(20-42-34)21-10-9-11-22(18-21)32(39)36-28-16-7-8-17-30(28)41-2/h3-18,20,27,31H,19H2,1-2H3,(H,36,39)(H,37,38,40). The summed E-state index contributed by atoms with van der Waals surface area (Å²) in [5, 5.41) is 8.66. The summed E-state index contributed by atoms with van der Waals surface area (Å²) >= 11 is 2.99. The van der Waals surface area contributed by atoms with Crippen LogP contribution in [-0.2, 0) is 4.79 Å². The number of thioether (sulfide) groups is 1. The number of hydrogen-bond acceptors (Lipinski definition) is 5. The molecule has 1 heterocycles. The summed E-state index contributed by atoms with van der Waals surface area (Å²) in [6, 6.07) is 32.3. The summed E-state index contributed by atoms with van der Waals surface area (Å²) in [7, 11) is 0. The van der Waals surface area contributed by atoms with Crippen LogP contribution in [-0.4, -0.2) is 23.1 Å². The van der Waals surface area contributed by atoms with Gasteiger partial charge >= 0.3 is 0 Å². The number of anilines is 2. The SMILES string of the molecule is CSc1ccccc1NC(=O)c1cccc(-c2csc(NC(=O)C3(C)CC4c5ccccc5C3c3ccccc34)n2)c1. The molecule has 2 bridgehead atoms. The summed E-state index contributed by atoms with van der Waals surface area (Å²) in [6.45, 7) is 2.09. The van der Waals surface area contributed by atoms with Crippen molar-refractivity contribution in [2.24, 2.45) is 5.41 Å². The molecule has 0 aliphatic heterocycles. The summed E-state index contributed by atoms with van der Waals surface area (Å²) in [6.07, 6.45) is 2.74. The lowest BCUT2D eigenvalue weighted by atomic mass is 9.52. The first-order valence-corrected chi connectivity index (χ1v) is 16.1.